The van der Waals surface area contributed by atoms with E-state index in [1.807, 2.05) is 18.9 Å². The molecule has 1 aromatic carbocycles. The smallest absolute Gasteiger partial charge is 0.123 e. The molecule has 0 bridgehead atoms. The molecule has 4 heteroatoms. The van der Waals surface area contributed by atoms with Gasteiger partial charge in [0, 0.05) is 25.8 Å². The molecular formula is C14H23FN2O. The van der Waals surface area contributed by atoms with Gasteiger partial charge in [0.15, 0.2) is 0 Å². The number of nitrogens with two attached hydrogens (primary N) is 1. The van der Waals surface area contributed by atoms with Gasteiger partial charge in [-0.05, 0) is 43.5 Å². The summed E-state index contributed by atoms with van der Waals surface area (Å²) in [6.07, 6.45) is 2.21. The minimum Gasteiger partial charge on any atom is -0.389 e. The van der Waals surface area contributed by atoms with Crippen molar-refractivity contribution in [1.29, 1.82) is 0 Å². The third-order valence-electron chi connectivity index (χ3n) is 3.44. The summed E-state index contributed by atoms with van der Waals surface area (Å²) in [6, 6.07) is 6.41. The molecule has 1 rings (SSSR count). The van der Waals surface area contributed by atoms with Gasteiger partial charge in [0.25, 0.3) is 0 Å². The minimum atomic E-state index is -0.746. The lowest BCUT2D eigenvalue weighted by atomic mass is 9.95. The molecule has 1 unspecified atom stereocenters. The maximum Gasteiger partial charge on any atom is 0.123 e. The van der Waals surface area contributed by atoms with Gasteiger partial charge in [0.1, 0.15) is 5.82 Å². The van der Waals surface area contributed by atoms with Crippen LogP contribution in [0.25, 0.3) is 0 Å². The van der Waals surface area contributed by atoms with Crippen LogP contribution in [-0.2, 0) is 0 Å². The van der Waals surface area contributed by atoms with E-state index < -0.39 is 5.60 Å². The average molecular weight is 254 g/mol. The molecule has 0 radical (unpaired) electrons. The second kappa shape index (κ2) is 6.71. The lowest BCUT2D eigenvalue weighted by molar-refractivity contribution is 0.0350. The molecule has 3 nitrogen and oxygen atoms in total. The van der Waals surface area contributed by atoms with Crippen molar-refractivity contribution < 1.29 is 9.50 Å². The van der Waals surface area contributed by atoms with E-state index >= 15 is 0 Å². The maximum absolute atomic E-state index is 12.8. The highest BCUT2D eigenvalue weighted by Gasteiger charge is 2.21. The van der Waals surface area contributed by atoms with Crippen LogP contribution >= 0.6 is 0 Å². The number of aliphatic hydroxyl groups is 1. The van der Waals surface area contributed by atoms with Crippen molar-refractivity contribution in [3.05, 3.63) is 30.1 Å². The molecule has 0 saturated heterocycles. The molecule has 0 amide bonds. The van der Waals surface area contributed by atoms with Crippen LogP contribution in [0.15, 0.2) is 24.3 Å². The summed E-state index contributed by atoms with van der Waals surface area (Å²) < 4.78 is 12.8. The molecular weight excluding hydrogens is 231 g/mol. The Labute approximate surface area is 108 Å². The highest BCUT2D eigenvalue weighted by Crippen LogP contribution is 2.18. The van der Waals surface area contributed by atoms with Crippen molar-refractivity contribution in [2.75, 3.05) is 25.0 Å². The van der Waals surface area contributed by atoms with Gasteiger partial charge in [0.2, 0.25) is 0 Å². The first-order chi connectivity index (χ1) is 8.50. The monoisotopic (exact) mass is 254 g/mol. The molecule has 3 N–H and O–H groups in total. The van der Waals surface area contributed by atoms with Crippen molar-refractivity contribution in [3.63, 3.8) is 0 Å². The normalized spacial score (nSPS) is 14.3. The van der Waals surface area contributed by atoms with E-state index in [0.717, 1.165) is 18.7 Å². The molecule has 0 fully saturated rings. The van der Waals surface area contributed by atoms with Crippen LogP contribution < -0.4 is 10.6 Å². The van der Waals surface area contributed by atoms with E-state index in [1.165, 1.54) is 12.1 Å². The molecule has 0 aliphatic heterocycles. The number of hydrogen-bond donors (Lipinski definition) is 2. The fourth-order valence-electron chi connectivity index (χ4n) is 1.89. The lowest BCUT2D eigenvalue weighted by Gasteiger charge is -2.26. The Morgan fingerprint density at radius 2 is 1.94 bits per heavy atom. The Morgan fingerprint density at radius 3 is 2.44 bits per heavy atom. The summed E-state index contributed by atoms with van der Waals surface area (Å²) in [5, 5.41) is 10.1. The molecule has 1 aromatic rings. The summed E-state index contributed by atoms with van der Waals surface area (Å²) >= 11 is 0. The van der Waals surface area contributed by atoms with E-state index in [9.17, 15) is 9.50 Å². The number of anilines is 1. The van der Waals surface area contributed by atoms with Gasteiger partial charge < -0.3 is 15.7 Å². The van der Waals surface area contributed by atoms with Gasteiger partial charge in [-0.1, -0.05) is 6.92 Å². The maximum atomic E-state index is 12.8. The van der Waals surface area contributed by atoms with Crippen molar-refractivity contribution in [1.82, 2.24) is 0 Å². The van der Waals surface area contributed by atoms with E-state index in [0.29, 0.717) is 19.4 Å². The zero-order valence-corrected chi connectivity index (χ0v) is 11.2. The summed E-state index contributed by atoms with van der Waals surface area (Å²) in [5.74, 6) is -0.226. The Balaban J connectivity index is 2.42. The summed E-state index contributed by atoms with van der Waals surface area (Å²) in [6.45, 7) is 3.05. The third kappa shape index (κ3) is 4.27. The van der Waals surface area contributed by atoms with Crippen LogP contribution in [-0.4, -0.2) is 30.8 Å². The van der Waals surface area contributed by atoms with Gasteiger partial charge in [-0.2, -0.15) is 0 Å². The predicted molar refractivity (Wildman–Crippen MR) is 73.2 cm³/mol. The molecule has 0 aliphatic rings. The Hall–Kier alpha value is -1.13. The molecule has 0 heterocycles. The topological polar surface area (TPSA) is 49.5 Å². The number of rotatable bonds is 7. The Morgan fingerprint density at radius 1 is 1.33 bits per heavy atom. The van der Waals surface area contributed by atoms with Crippen molar-refractivity contribution in [2.24, 2.45) is 5.73 Å². The molecule has 0 spiro atoms. The number of benzene rings is 1. The zero-order valence-electron chi connectivity index (χ0n) is 11.2. The van der Waals surface area contributed by atoms with E-state index in [1.54, 1.807) is 12.1 Å². The molecule has 18 heavy (non-hydrogen) atoms. The fraction of sp³-hybridized carbons (Fsp3) is 0.571. The van der Waals surface area contributed by atoms with Crippen molar-refractivity contribution in [3.8, 4) is 0 Å². The first-order valence-corrected chi connectivity index (χ1v) is 6.40. The fourth-order valence-corrected chi connectivity index (χ4v) is 1.89. The summed E-state index contributed by atoms with van der Waals surface area (Å²) in [4.78, 5) is 2.05. The third-order valence-corrected chi connectivity index (χ3v) is 3.44. The number of hydrogen-bond acceptors (Lipinski definition) is 3. The van der Waals surface area contributed by atoms with E-state index in [-0.39, 0.29) is 5.82 Å². The largest absolute Gasteiger partial charge is 0.389 e. The molecule has 0 aliphatic carbocycles. The van der Waals surface area contributed by atoms with Gasteiger partial charge in [-0.25, -0.2) is 4.39 Å². The minimum absolute atomic E-state index is 0.226. The highest BCUT2D eigenvalue weighted by atomic mass is 19.1. The molecule has 102 valence electrons. The Bertz CT molecular complexity index is 349. The van der Waals surface area contributed by atoms with Gasteiger partial charge in [0.05, 0.1) is 5.60 Å². The van der Waals surface area contributed by atoms with Crippen LogP contribution in [0.4, 0.5) is 10.1 Å². The van der Waals surface area contributed by atoms with E-state index in [2.05, 4.69) is 0 Å². The molecule has 0 saturated carbocycles. The highest BCUT2D eigenvalue weighted by molar-refractivity contribution is 5.45. The molecule has 0 aromatic heterocycles. The van der Waals surface area contributed by atoms with Crippen molar-refractivity contribution >= 4 is 5.69 Å². The van der Waals surface area contributed by atoms with Crippen LogP contribution in [0.1, 0.15) is 26.2 Å². The lowest BCUT2D eigenvalue weighted by Crippen LogP contribution is -2.37. The summed E-state index contributed by atoms with van der Waals surface area (Å²) in [5.41, 5.74) is 5.79. The molecule has 1 atom stereocenters. The average Bonchev–Trinajstić information content (AvgIpc) is 2.39. The number of halogens is 1. The SMILES string of the molecule is CCC(O)(CN)CCCN(C)c1ccc(F)cc1. The standard InChI is InChI=1S/C14H23FN2O/c1-3-14(18,11-16)9-4-10-17(2)13-7-5-12(15)6-8-13/h5-8,18H,3-4,9-11,16H2,1-2H3. The van der Waals surface area contributed by atoms with Gasteiger partial charge in [-0.15, -0.1) is 0 Å². The predicted octanol–water partition coefficient (Wildman–Crippen LogP) is 2.14. The zero-order chi connectivity index (χ0) is 13.6. The van der Waals surface area contributed by atoms with Crippen LogP contribution in [0.5, 0.6) is 0 Å². The van der Waals surface area contributed by atoms with Gasteiger partial charge >= 0.3 is 0 Å². The van der Waals surface area contributed by atoms with Crippen molar-refractivity contribution in [2.45, 2.75) is 31.8 Å². The first kappa shape index (κ1) is 14.9. The second-order valence-electron chi connectivity index (χ2n) is 4.78. The van der Waals surface area contributed by atoms with Gasteiger partial charge in [-0.3, -0.25) is 0 Å². The van der Waals surface area contributed by atoms with Crippen LogP contribution in [0, 0.1) is 5.82 Å². The summed E-state index contributed by atoms with van der Waals surface area (Å²) in [7, 11) is 1.96. The van der Waals surface area contributed by atoms with E-state index in [4.69, 9.17) is 5.73 Å². The quantitative estimate of drug-likeness (QED) is 0.784. The second-order valence-corrected chi connectivity index (χ2v) is 4.78. The van der Waals surface area contributed by atoms with Crippen LogP contribution in [0.2, 0.25) is 0 Å². The number of nitrogens with zero attached hydrogens (tertiary/aromatic N) is 1. The Kier molecular flexibility index (Phi) is 5.56. The van der Waals surface area contributed by atoms with Crippen LogP contribution in [0.3, 0.4) is 0 Å². The first-order valence-electron chi connectivity index (χ1n) is 6.40.